The second-order valence-electron chi connectivity index (χ2n) is 6.21. The van der Waals surface area contributed by atoms with Crippen LogP contribution in [0.1, 0.15) is 30.0 Å². The summed E-state index contributed by atoms with van der Waals surface area (Å²) in [6.45, 7) is 7.42. The number of halogens is 1. The van der Waals surface area contributed by atoms with E-state index in [2.05, 4.69) is 42.4 Å². The van der Waals surface area contributed by atoms with Gasteiger partial charge in [0.05, 0.1) is 13.7 Å². The Kier molecular flexibility index (Phi) is 9.99. The van der Waals surface area contributed by atoms with Gasteiger partial charge >= 0.3 is 0 Å². The molecule has 2 aromatic carbocycles. The van der Waals surface area contributed by atoms with Gasteiger partial charge in [-0.2, -0.15) is 0 Å². The van der Waals surface area contributed by atoms with Crippen molar-refractivity contribution in [3.05, 3.63) is 53.1 Å². The highest BCUT2D eigenvalue weighted by molar-refractivity contribution is 14.0. The maximum Gasteiger partial charge on any atom is 0.193 e. The lowest BCUT2D eigenvalue weighted by Crippen LogP contribution is -2.23. The van der Waals surface area contributed by atoms with E-state index >= 15 is 0 Å². The topological polar surface area (TPSA) is 68.9 Å². The van der Waals surface area contributed by atoms with Crippen molar-refractivity contribution >= 4 is 35.6 Å². The fraction of sp³-hybridized carbons (Fsp3) is 0.381. The molecule has 2 aromatic rings. The lowest BCUT2D eigenvalue weighted by molar-refractivity contribution is 0.310. The fourth-order valence-corrected chi connectivity index (χ4v) is 2.63. The van der Waals surface area contributed by atoms with Crippen molar-refractivity contribution in [2.75, 3.05) is 25.6 Å². The molecule has 0 aromatic heterocycles. The van der Waals surface area contributed by atoms with Crippen LogP contribution < -0.4 is 20.5 Å². The number of nitrogens with one attached hydrogen (secondary N) is 1. The van der Waals surface area contributed by atoms with E-state index in [0.717, 1.165) is 30.0 Å². The van der Waals surface area contributed by atoms with Crippen molar-refractivity contribution in [3.8, 4) is 11.5 Å². The van der Waals surface area contributed by atoms with Gasteiger partial charge in [-0.3, -0.25) is 4.99 Å². The van der Waals surface area contributed by atoms with Crippen LogP contribution in [0, 0.1) is 13.8 Å². The first kappa shape index (κ1) is 23.1. The number of aliphatic imine (C=N–C) groups is 1. The summed E-state index contributed by atoms with van der Waals surface area (Å²) in [5.41, 5.74) is 10.6. The number of nitrogens with two attached hydrogens (primary N) is 1. The Morgan fingerprint density at radius 1 is 1.07 bits per heavy atom. The van der Waals surface area contributed by atoms with Gasteiger partial charge in [0.25, 0.3) is 0 Å². The molecule has 0 aliphatic heterocycles. The molecule has 5 nitrogen and oxygen atoms in total. The number of anilines is 1. The summed E-state index contributed by atoms with van der Waals surface area (Å²) in [6.07, 6.45) is 1.82. The molecular formula is C21H30IN3O2. The summed E-state index contributed by atoms with van der Waals surface area (Å²) in [7, 11) is 1.65. The summed E-state index contributed by atoms with van der Waals surface area (Å²) >= 11 is 0. The molecular weight excluding hydrogens is 453 g/mol. The molecule has 0 aliphatic carbocycles. The van der Waals surface area contributed by atoms with Crippen LogP contribution in [0.25, 0.3) is 0 Å². The predicted molar refractivity (Wildman–Crippen MR) is 124 cm³/mol. The van der Waals surface area contributed by atoms with Crippen LogP contribution in [0.2, 0.25) is 0 Å². The molecule has 0 amide bonds. The molecule has 0 unspecified atom stereocenters. The summed E-state index contributed by atoms with van der Waals surface area (Å²) < 4.78 is 10.9. The quantitative estimate of drug-likeness (QED) is 0.248. The third kappa shape index (κ3) is 7.28. The number of benzene rings is 2. The van der Waals surface area contributed by atoms with Crippen LogP contribution in [-0.4, -0.2) is 26.2 Å². The Bertz CT molecular complexity index is 763. The molecule has 0 aliphatic rings. The number of aryl methyl sites for hydroxylation is 3. The molecule has 148 valence electrons. The zero-order chi connectivity index (χ0) is 18.9. The minimum absolute atomic E-state index is 0. The van der Waals surface area contributed by atoms with Crippen molar-refractivity contribution in [1.82, 2.24) is 0 Å². The van der Waals surface area contributed by atoms with E-state index in [1.54, 1.807) is 7.11 Å². The first-order valence-corrected chi connectivity index (χ1v) is 8.97. The number of nitrogens with zero attached hydrogens (tertiary/aromatic N) is 1. The molecule has 0 radical (unpaired) electrons. The minimum atomic E-state index is 0. The summed E-state index contributed by atoms with van der Waals surface area (Å²) in [4.78, 5) is 4.41. The highest BCUT2D eigenvalue weighted by Crippen LogP contribution is 2.28. The van der Waals surface area contributed by atoms with Crippen LogP contribution in [0.5, 0.6) is 11.5 Å². The number of hydrogen-bond acceptors (Lipinski definition) is 3. The lowest BCUT2D eigenvalue weighted by atomic mass is 10.1. The van der Waals surface area contributed by atoms with Crippen molar-refractivity contribution in [3.63, 3.8) is 0 Å². The Hall–Kier alpha value is -1.96. The Balaban J connectivity index is 0.00000364. The predicted octanol–water partition coefficient (Wildman–Crippen LogP) is 4.69. The number of rotatable bonds is 8. The van der Waals surface area contributed by atoms with Gasteiger partial charge in [0.15, 0.2) is 17.5 Å². The molecule has 2 rings (SSSR count). The molecule has 0 fully saturated rings. The van der Waals surface area contributed by atoms with Gasteiger partial charge in [0, 0.05) is 12.2 Å². The third-order valence-corrected chi connectivity index (χ3v) is 4.21. The summed E-state index contributed by atoms with van der Waals surface area (Å²) in [6, 6.07) is 12.2. The maximum absolute atomic E-state index is 5.98. The van der Waals surface area contributed by atoms with Gasteiger partial charge in [0.2, 0.25) is 0 Å². The van der Waals surface area contributed by atoms with Gasteiger partial charge in [0.1, 0.15) is 0 Å². The molecule has 27 heavy (non-hydrogen) atoms. The zero-order valence-corrected chi connectivity index (χ0v) is 18.9. The van der Waals surface area contributed by atoms with Crippen LogP contribution in [0.15, 0.2) is 41.4 Å². The fourth-order valence-electron chi connectivity index (χ4n) is 2.63. The summed E-state index contributed by atoms with van der Waals surface area (Å²) in [5.74, 6) is 1.99. The van der Waals surface area contributed by atoms with E-state index in [-0.39, 0.29) is 24.0 Å². The van der Waals surface area contributed by atoms with Gasteiger partial charge in [-0.05, 0) is 74.6 Å². The van der Waals surface area contributed by atoms with Gasteiger partial charge in [-0.1, -0.05) is 12.1 Å². The second kappa shape index (κ2) is 11.7. The number of hydrogen-bond donors (Lipinski definition) is 2. The maximum atomic E-state index is 5.98. The Labute approximate surface area is 179 Å². The summed E-state index contributed by atoms with van der Waals surface area (Å²) in [5, 5.41) is 3.14. The van der Waals surface area contributed by atoms with Crippen LogP contribution in [-0.2, 0) is 6.42 Å². The molecule has 0 atom stereocenters. The minimum Gasteiger partial charge on any atom is -0.493 e. The van der Waals surface area contributed by atoms with Crippen LogP contribution in [0.4, 0.5) is 5.69 Å². The van der Waals surface area contributed by atoms with E-state index in [9.17, 15) is 0 Å². The van der Waals surface area contributed by atoms with E-state index in [0.29, 0.717) is 19.1 Å². The van der Waals surface area contributed by atoms with E-state index < -0.39 is 0 Å². The highest BCUT2D eigenvalue weighted by Gasteiger charge is 2.05. The average molecular weight is 483 g/mol. The monoisotopic (exact) mass is 483 g/mol. The van der Waals surface area contributed by atoms with Crippen LogP contribution in [0.3, 0.4) is 0 Å². The van der Waals surface area contributed by atoms with E-state index in [1.165, 1.54) is 16.7 Å². The zero-order valence-electron chi connectivity index (χ0n) is 16.5. The van der Waals surface area contributed by atoms with Crippen molar-refractivity contribution < 1.29 is 9.47 Å². The number of ether oxygens (including phenoxy) is 2. The molecule has 0 saturated carbocycles. The normalized spacial score (nSPS) is 10.9. The lowest BCUT2D eigenvalue weighted by Gasteiger charge is -2.11. The van der Waals surface area contributed by atoms with Gasteiger partial charge < -0.3 is 20.5 Å². The largest absolute Gasteiger partial charge is 0.493 e. The number of guanidine groups is 1. The molecule has 0 heterocycles. The SMILES string of the molecule is CCOc1cc(CCCN=C(N)Nc2ccc(C)c(C)c2)ccc1OC.I. The molecule has 0 bridgehead atoms. The third-order valence-electron chi connectivity index (χ3n) is 4.21. The Morgan fingerprint density at radius 3 is 2.52 bits per heavy atom. The van der Waals surface area contributed by atoms with Crippen molar-refractivity contribution in [1.29, 1.82) is 0 Å². The van der Waals surface area contributed by atoms with Crippen molar-refractivity contribution in [2.24, 2.45) is 10.7 Å². The van der Waals surface area contributed by atoms with E-state index in [4.69, 9.17) is 15.2 Å². The Morgan fingerprint density at radius 2 is 1.85 bits per heavy atom. The molecule has 0 spiro atoms. The highest BCUT2D eigenvalue weighted by atomic mass is 127. The smallest absolute Gasteiger partial charge is 0.193 e. The molecule has 0 saturated heterocycles. The average Bonchev–Trinajstić information content (AvgIpc) is 2.62. The standard InChI is InChI=1S/C21H29N3O2.HI/c1-5-26-20-14-17(9-11-19(20)25-4)7-6-12-23-21(22)24-18-10-8-15(2)16(3)13-18;/h8-11,13-14H,5-7,12H2,1-4H3,(H3,22,23,24);1H. The van der Waals surface area contributed by atoms with Gasteiger partial charge in [-0.15, -0.1) is 24.0 Å². The van der Waals surface area contributed by atoms with Gasteiger partial charge in [-0.25, -0.2) is 0 Å². The number of methoxy groups -OCH3 is 1. The molecule has 3 N–H and O–H groups in total. The van der Waals surface area contributed by atoms with Crippen molar-refractivity contribution in [2.45, 2.75) is 33.6 Å². The van der Waals surface area contributed by atoms with Crippen LogP contribution >= 0.6 is 24.0 Å². The first-order valence-electron chi connectivity index (χ1n) is 8.97. The molecule has 6 heteroatoms. The second-order valence-corrected chi connectivity index (χ2v) is 6.21. The first-order chi connectivity index (χ1) is 12.5. The van der Waals surface area contributed by atoms with E-state index in [1.807, 2.05) is 25.1 Å².